The van der Waals surface area contributed by atoms with E-state index in [2.05, 4.69) is 17.9 Å². The Hall–Kier alpha value is -2.60. The van der Waals surface area contributed by atoms with E-state index in [0.29, 0.717) is 11.3 Å². The number of carboxylic acid groups (broad SMARTS) is 1. The normalized spacial score (nSPS) is 11.6. The zero-order chi connectivity index (χ0) is 17.7. The largest absolute Gasteiger partial charge is 0.480 e. The third kappa shape index (κ3) is 4.02. The van der Waals surface area contributed by atoms with E-state index in [0.717, 1.165) is 0 Å². The highest BCUT2D eigenvalue weighted by Gasteiger charge is 2.23. The zero-order valence-corrected chi connectivity index (χ0v) is 13.9. The van der Waals surface area contributed by atoms with Gasteiger partial charge < -0.3 is 10.4 Å². The number of rotatable bonds is 7. The molecule has 1 atom stereocenters. The predicted molar refractivity (Wildman–Crippen MR) is 95.2 cm³/mol. The fourth-order valence-corrected chi connectivity index (χ4v) is 2.42. The Labute approximate surface area is 145 Å². The third-order valence-corrected chi connectivity index (χ3v) is 3.64. The van der Waals surface area contributed by atoms with E-state index < -0.39 is 11.2 Å². The molecular formula is C18H17NO4S. The van der Waals surface area contributed by atoms with Crippen LogP contribution in [0.2, 0.25) is 0 Å². The fraction of sp³-hybridized carbons (Fsp3) is 0.167. The van der Waals surface area contributed by atoms with Gasteiger partial charge in [0, 0.05) is 16.8 Å². The number of anilines is 1. The van der Waals surface area contributed by atoms with Crippen molar-refractivity contribution in [3.8, 4) is 0 Å². The average molecular weight is 343 g/mol. The van der Waals surface area contributed by atoms with E-state index in [1.54, 1.807) is 55.5 Å². The lowest BCUT2D eigenvalue weighted by Gasteiger charge is -2.15. The summed E-state index contributed by atoms with van der Waals surface area (Å²) in [5.41, 5.74) is 1.12. The molecule has 0 aliphatic carbocycles. The molecule has 0 fully saturated rings. The summed E-state index contributed by atoms with van der Waals surface area (Å²) in [5.74, 6) is -1.70. The summed E-state index contributed by atoms with van der Waals surface area (Å²) in [6.07, 6.45) is 0. The SMILES string of the molecule is CC(S)C(=O)c1cccc(NCC(=O)O)c1C(=O)c1ccccc1. The summed E-state index contributed by atoms with van der Waals surface area (Å²) in [5, 5.41) is 11.0. The Morgan fingerprint density at radius 1 is 1.08 bits per heavy atom. The Balaban J connectivity index is 2.57. The van der Waals surface area contributed by atoms with Gasteiger partial charge in [-0.05, 0) is 13.0 Å². The van der Waals surface area contributed by atoms with Crippen molar-refractivity contribution in [3.63, 3.8) is 0 Å². The van der Waals surface area contributed by atoms with E-state index in [-0.39, 0.29) is 29.2 Å². The molecule has 0 heterocycles. The molecule has 0 bridgehead atoms. The second-order valence-electron chi connectivity index (χ2n) is 5.21. The molecule has 6 heteroatoms. The van der Waals surface area contributed by atoms with Gasteiger partial charge in [0.05, 0.1) is 10.8 Å². The van der Waals surface area contributed by atoms with E-state index >= 15 is 0 Å². The molecule has 24 heavy (non-hydrogen) atoms. The summed E-state index contributed by atoms with van der Waals surface area (Å²) >= 11 is 4.15. The number of thiol groups is 1. The monoisotopic (exact) mass is 343 g/mol. The molecule has 124 valence electrons. The third-order valence-electron chi connectivity index (χ3n) is 3.40. The highest BCUT2D eigenvalue weighted by atomic mass is 32.1. The van der Waals surface area contributed by atoms with Gasteiger partial charge in [0.1, 0.15) is 6.54 Å². The molecule has 0 saturated heterocycles. The van der Waals surface area contributed by atoms with Crippen LogP contribution in [0.3, 0.4) is 0 Å². The zero-order valence-electron chi connectivity index (χ0n) is 13.0. The van der Waals surface area contributed by atoms with Crippen molar-refractivity contribution in [2.45, 2.75) is 12.2 Å². The van der Waals surface area contributed by atoms with E-state index in [1.807, 2.05) is 0 Å². The molecule has 0 spiro atoms. The number of nitrogens with one attached hydrogen (secondary N) is 1. The number of Topliss-reactive ketones (excluding diaryl/α,β-unsaturated/α-hetero) is 1. The molecule has 5 nitrogen and oxygen atoms in total. The first-order chi connectivity index (χ1) is 11.4. The number of aliphatic carboxylic acids is 1. The van der Waals surface area contributed by atoms with Crippen molar-refractivity contribution in [1.82, 2.24) is 0 Å². The van der Waals surface area contributed by atoms with Gasteiger partial charge >= 0.3 is 5.97 Å². The molecule has 1 unspecified atom stereocenters. The Morgan fingerprint density at radius 2 is 1.75 bits per heavy atom. The Kier molecular flexibility index (Phi) is 5.76. The lowest BCUT2D eigenvalue weighted by Crippen LogP contribution is -2.20. The highest BCUT2D eigenvalue weighted by Crippen LogP contribution is 2.25. The van der Waals surface area contributed by atoms with Crippen LogP contribution in [0.15, 0.2) is 48.5 Å². The Bertz CT molecular complexity index is 772. The standard InChI is InChI=1S/C18H17NO4S/c1-11(24)17(22)13-8-5-9-14(19-10-15(20)21)16(13)18(23)12-6-3-2-4-7-12/h2-9,11,19,24H,10H2,1H3,(H,20,21). The van der Waals surface area contributed by atoms with Crippen LogP contribution in [0.1, 0.15) is 33.2 Å². The predicted octanol–water partition coefficient (Wildman–Crippen LogP) is 2.92. The van der Waals surface area contributed by atoms with Gasteiger partial charge in [-0.1, -0.05) is 42.5 Å². The van der Waals surface area contributed by atoms with Gasteiger partial charge in [0.15, 0.2) is 11.6 Å². The van der Waals surface area contributed by atoms with E-state index in [1.165, 1.54) is 0 Å². The number of benzene rings is 2. The van der Waals surface area contributed by atoms with E-state index in [4.69, 9.17) is 5.11 Å². The lowest BCUT2D eigenvalue weighted by molar-refractivity contribution is -0.134. The van der Waals surface area contributed by atoms with Crippen LogP contribution in [0.25, 0.3) is 0 Å². The van der Waals surface area contributed by atoms with Crippen molar-refractivity contribution in [2.75, 3.05) is 11.9 Å². The molecule has 2 rings (SSSR count). The number of ketones is 2. The summed E-state index contributed by atoms with van der Waals surface area (Å²) in [7, 11) is 0. The minimum absolute atomic E-state index is 0.163. The van der Waals surface area contributed by atoms with Gasteiger partial charge in [-0.15, -0.1) is 0 Å². The minimum atomic E-state index is -1.06. The van der Waals surface area contributed by atoms with Crippen LogP contribution < -0.4 is 5.32 Å². The molecule has 2 N–H and O–H groups in total. The molecular weight excluding hydrogens is 326 g/mol. The summed E-state index contributed by atoms with van der Waals surface area (Å²) in [4.78, 5) is 36.1. The van der Waals surface area contributed by atoms with Crippen LogP contribution in [0.5, 0.6) is 0 Å². The number of hydrogen-bond acceptors (Lipinski definition) is 5. The number of carbonyl (C=O) groups excluding carboxylic acids is 2. The number of carboxylic acids is 1. The first-order valence-corrected chi connectivity index (χ1v) is 7.84. The van der Waals surface area contributed by atoms with Gasteiger partial charge in [0.25, 0.3) is 0 Å². The smallest absolute Gasteiger partial charge is 0.322 e. The lowest BCUT2D eigenvalue weighted by atomic mass is 9.93. The second kappa shape index (κ2) is 7.79. The molecule has 0 aromatic heterocycles. The first-order valence-electron chi connectivity index (χ1n) is 7.32. The van der Waals surface area contributed by atoms with Crippen LogP contribution in [-0.4, -0.2) is 34.4 Å². The van der Waals surface area contributed by atoms with Crippen molar-refractivity contribution >= 4 is 35.9 Å². The number of carbonyl (C=O) groups is 3. The fourth-order valence-electron chi connectivity index (χ4n) is 2.28. The first kappa shape index (κ1) is 17.7. The van der Waals surface area contributed by atoms with Crippen molar-refractivity contribution in [3.05, 3.63) is 65.2 Å². The number of hydrogen-bond donors (Lipinski definition) is 3. The van der Waals surface area contributed by atoms with Gasteiger partial charge in [-0.2, -0.15) is 12.6 Å². The van der Waals surface area contributed by atoms with Crippen molar-refractivity contribution < 1.29 is 19.5 Å². The topological polar surface area (TPSA) is 83.5 Å². The second-order valence-corrected chi connectivity index (χ2v) is 5.99. The molecule has 0 aliphatic heterocycles. The highest BCUT2D eigenvalue weighted by molar-refractivity contribution is 7.81. The maximum atomic E-state index is 12.9. The van der Waals surface area contributed by atoms with Crippen LogP contribution in [0, 0.1) is 0 Å². The Morgan fingerprint density at radius 3 is 2.33 bits per heavy atom. The molecule has 0 amide bonds. The minimum Gasteiger partial charge on any atom is -0.480 e. The van der Waals surface area contributed by atoms with Gasteiger partial charge in [-0.25, -0.2) is 0 Å². The molecule has 0 aliphatic rings. The van der Waals surface area contributed by atoms with Gasteiger partial charge in [-0.3, -0.25) is 14.4 Å². The molecule has 2 aromatic rings. The maximum Gasteiger partial charge on any atom is 0.322 e. The van der Waals surface area contributed by atoms with Crippen LogP contribution in [-0.2, 0) is 4.79 Å². The summed E-state index contributed by atoms with van der Waals surface area (Å²) in [6, 6.07) is 13.3. The van der Waals surface area contributed by atoms with Crippen molar-refractivity contribution in [1.29, 1.82) is 0 Å². The summed E-state index contributed by atoms with van der Waals surface area (Å²) < 4.78 is 0. The quantitative estimate of drug-likeness (QED) is 0.532. The molecule has 2 aromatic carbocycles. The maximum absolute atomic E-state index is 12.9. The van der Waals surface area contributed by atoms with Crippen LogP contribution >= 0.6 is 12.6 Å². The average Bonchev–Trinajstić information content (AvgIpc) is 2.58. The van der Waals surface area contributed by atoms with Crippen molar-refractivity contribution in [2.24, 2.45) is 0 Å². The van der Waals surface area contributed by atoms with Gasteiger partial charge in [0.2, 0.25) is 0 Å². The molecule has 0 radical (unpaired) electrons. The molecule has 0 saturated carbocycles. The van der Waals surface area contributed by atoms with E-state index in [9.17, 15) is 14.4 Å². The summed E-state index contributed by atoms with van der Waals surface area (Å²) in [6.45, 7) is 1.27. The van der Waals surface area contributed by atoms with Crippen LogP contribution in [0.4, 0.5) is 5.69 Å².